The van der Waals surface area contributed by atoms with Crippen LogP contribution in [0.5, 0.6) is 0 Å². The Bertz CT molecular complexity index is 1130. The number of carbonyl (C=O) groups is 1. The molecule has 1 aliphatic heterocycles. The summed E-state index contributed by atoms with van der Waals surface area (Å²) >= 11 is 0. The van der Waals surface area contributed by atoms with E-state index in [2.05, 4.69) is 86.2 Å². The molecule has 248 valence electrons. The molecule has 5 saturated carbocycles. The molecule has 1 heterocycles. The standard InChI is InChI=1S/C35H59NO4.2C2H2/c1-20-18-23(29(31(6,7)38)39-22(3)37)40-24-19-33(9)26-13-12-25-30(4,5)27(36(10)11)14-15-34(25)21(2)35(26,34)17-16-32(33,8)28(20)24;2*1-2/h20-21,23-29,38H,12-19H2,1-11H3;2*1-2H/t20-,21-,23-,24-,25?,26+,27?,28?,29+,32-,33+,34?,35+;;/m1../s1. The highest BCUT2D eigenvalue weighted by Gasteiger charge is 2.86. The molecule has 2 spiro atoms. The van der Waals surface area contributed by atoms with Crippen LogP contribution in [0.3, 0.4) is 0 Å². The molecule has 44 heavy (non-hydrogen) atoms. The number of rotatable bonds is 4. The molecule has 0 bridgehead atoms. The van der Waals surface area contributed by atoms with E-state index in [0.29, 0.717) is 34.1 Å². The molecular weight excluding hydrogens is 546 g/mol. The summed E-state index contributed by atoms with van der Waals surface area (Å²) in [6.45, 7) is 20.5. The summed E-state index contributed by atoms with van der Waals surface area (Å²) in [6.07, 6.45) is 25.4. The van der Waals surface area contributed by atoms with Crippen molar-refractivity contribution in [2.45, 2.75) is 144 Å². The van der Waals surface area contributed by atoms with Gasteiger partial charge in [-0.3, -0.25) is 4.79 Å². The molecule has 6 rings (SSSR count). The number of hydrogen-bond acceptors (Lipinski definition) is 5. The van der Waals surface area contributed by atoms with Gasteiger partial charge in [0.15, 0.2) is 6.10 Å². The van der Waals surface area contributed by atoms with Crippen LogP contribution in [-0.2, 0) is 14.3 Å². The van der Waals surface area contributed by atoms with Crippen molar-refractivity contribution in [2.24, 2.45) is 56.7 Å². The van der Waals surface area contributed by atoms with Crippen LogP contribution in [0.4, 0.5) is 0 Å². The smallest absolute Gasteiger partial charge is 0.303 e. The van der Waals surface area contributed by atoms with Crippen LogP contribution in [0.25, 0.3) is 0 Å². The van der Waals surface area contributed by atoms with Crippen molar-refractivity contribution in [2.75, 3.05) is 14.1 Å². The number of hydrogen-bond donors (Lipinski definition) is 1. The van der Waals surface area contributed by atoms with Gasteiger partial charge in [0.25, 0.3) is 0 Å². The van der Waals surface area contributed by atoms with Gasteiger partial charge in [-0.1, -0.05) is 41.5 Å². The van der Waals surface area contributed by atoms with E-state index in [1.165, 1.54) is 45.4 Å². The van der Waals surface area contributed by atoms with Crippen molar-refractivity contribution in [3.63, 3.8) is 0 Å². The third-order valence-electron chi connectivity index (χ3n) is 15.3. The summed E-state index contributed by atoms with van der Waals surface area (Å²) in [6, 6.07) is 0.676. The Morgan fingerprint density at radius 3 is 2.05 bits per heavy atom. The monoisotopic (exact) mass is 609 g/mol. The predicted octanol–water partition coefficient (Wildman–Crippen LogP) is 7.21. The second kappa shape index (κ2) is 11.3. The Morgan fingerprint density at radius 1 is 0.932 bits per heavy atom. The fraction of sp³-hybridized carbons (Fsp3) is 0.872. The largest absolute Gasteiger partial charge is 0.457 e. The summed E-state index contributed by atoms with van der Waals surface area (Å²) in [5, 5.41) is 11.0. The highest BCUT2D eigenvalue weighted by molar-refractivity contribution is 5.66. The lowest BCUT2D eigenvalue weighted by atomic mass is 9.41. The zero-order valence-electron chi connectivity index (χ0n) is 29.8. The molecule has 1 N–H and O–H groups in total. The molecular formula is C39H63NO4. The molecule has 5 aliphatic carbocycles. The summed E-state index contributed by atoms with van der Waals surface area (Å²) in [5.74, 6) is 3.05. The number of ether oxygens (including phenoxy) is 2. The van der Waals surface area contributed by atoms with Crippen molar-refractivity contribution in [3.05, 3.63) is 0 Å². The molecule has 6 fully saturated rings. The lowest BCUT2D eigenvalue weighted by Crippen LogP contribution is -2.59. The summed E-state index contributed by atoms with van der Waals surface area (Å²) in [5.41, 5.74) is 0.724. The number of esters is 1. The van der Waals surface area contributed by atoms with Gasteiger partial charge in [-0.25, -0.2) is 0 Å². The number of terminal acetylenes is 2. The van der Waals surface area contributed by atoms with Crippen LogP contribution in [0.1, 0.15) is 114 Å². The van der Waals surface area contributed by atoms with E-state index in [4.69, 9.17) is 9.47 Å². The third-order valence-corrected chi connectivity index (χ3v) is 15.3. The third kappa shape index (κ3) is 4.42. The first-order chi connectivity index (χ1) is 20.4. The van der Waals surface area contributed by atoms with E-state index < -0.39 is 11.7 Å². The molecule has 0 aromatic carbocycles. The van der Waals surface area contributed by atoms with Crippen LogP contribution in [-0.4, -0.2) is 60.0 Å². The maximum Gasteiger partial charge on any atom is 0.303 e. The van der Waals surface area contributed by atoms with Crippen molar-refractivity contribution in [1.29, 1.82) is 0 Å². The zero-order chi connectivity index (χ0) is 33.4. The van der Waals surface area contributed by atoms with Crippen molar-refractivity contribution < 1.29 is 19.4 Å². The summed E-state index contributed by atoms with van der Waals surface area (Å²) < 4.78 is 12.7. The molecule has 0 aromatic heterocycles. The van der Waals surface area contributed by atoms with E-state index in [0.717, 1.165) is 30.6 Å². The fourth-order valence-corrected chi connectivity index (χ4v) is 14.0. The van der Waals surface area contributed by atoms with E-state index in [1.807, 2.05) is 0 Å². The van der Waals surface area contributed by atoms with Crippen LogP contribution in [0.15, 0.2) is 0 Å². The molecule has 6 aliphatic rings. The van der Waals surface area contributed by atoms with Gasteiger partial charge in [0.05, 0.1) is 17.8 Å². The molecule has 1 saturated heterocycles. The molecule has 4 unspecified atom stereocenters. The van der Waals surface area contributed by atoms with Gasteiger partial charge in [0.2, 0.25) is 0 Å². The van der Waals surface area contributed by atoms with Crippen LogP contribution < -0.4 is 0 Å². The predicted molar refractivity (Wildman–Crippen MR) is 178 cm³/mol. The minimum absolute atomic E-state index is 0.169. The lowest BCUT2D eigenvalue weighted by Gasteiger charge is -2.64. The van der Waals surface area contributed by atoms with E-state index in [9.17, 15) is 9.90 Å². The lowest BCUT2D eigenvalue weighted by molar-refractivity contribution is -0.209. The van der Waals surface area contributed by atoms with Crippen LogP contribution in [0, 0.1) is 82.4 Å². The van der Waals surface area contributed by atoms with E-state index >= 15 is 0 Å². The maximum absolute atomic E-state index is 12.0. The van der Waals surface area contributed by atoms with Gasteiger partial charge in [-0.2, -0.15) is 0 Å². The number of aliphatic hydroxyl groups is 1. The Hall–Kier alpha value is -1.53. The quantitative estimate of drug-likeness (QED) is 0.270. The SMILES string of the molecule is C#C.C#C.CC(=O)O[C@@H]([C@H]1C[C@@H](C)C2[C@@H](C[C@@]3(C)[C@@H]4CCC5C(C)(C)C(N(C)C)CCC56[C@@H](C)[C@@]46CC[C@]23C)O1)C(C)(C)O. The van der Waals surface area contributed by atoms with Gasteiger partial charge in [-0.15, -0.1) is 25.7 Å². The average molecular weight is 610 g/mol. The highest BCUT2D eigenvalue weighted by atomic mass is 16.6. The van der Waals surface area contributed by atoms with Crippen molar-refractivity contribution in [1.82, 2.24) is 4.90 Å². The molecule has 0 amide bonds. The summed E-state index contributed by atoms with van der Waals surface area (Å²) in [4.78, 5) is 14.5. The first-order valence-electron chi connectivity index (χ1n) is 17.3. The topological polar surface area (TPSA) is 59.0 Å². The van der Waals surface area contributed by atoms with Crippen LogP contribution in [0.2, 0.25) is 0 Å². The van der Waals surface area contributed by atoms with Gasteiger partial charge in [0, 0.05) is 13.0 Å². The number of nitrogens with zero attached hydrogens (tertiary/aromatic N) is 1. The van der Waals surface area contributed by atoms with Crippen molar-refractivity contribution in [3.8, 4) is 25.7 Å². The van der Waals surface area contributed by atoms with Crippen LogP contribution >= 0.6 is 0 Å². The average Bonchev–Trinajstić information content (AvgIpc) is 3.35. The highest BCUT2D eigenvalue weighted by Crippen LogP contribution is 2.91. The summed E-state index contributed by atoms with van der Waals surface area (Å²) in [7, 11) is 4.60. The van der Waals surface area contributed by atoms with Gasteiger partial charge >= 0.3 is 5.97 Å². The maximum atomic E-state index is 12.0. The molecule has 0 aromatic rings. The molecule has 0 radical (unpaired) electrons. The number of fused-ring (bicyclic) bond motifs is 4. The molecule has 5 nitrogen and oxygen atoms in total. The van der Waals surface area contributed by atoms with Gasteiger partial charge in [-0.05, 0) is 136 Å². The van der Waals surface area contributed by atoms with Gasteiger partial charge in [0.1, 0.15) is 0 Å². The zero-order valence-corrected chi connectivity index (χ0v) is 29.8. The Kier molecular flexibility index (Phi) is 9.09. The molecule has 5 heteroatoms. The Labute approximate surface area is 270 Å². The van der Waals surface area contributed by atoms with E-state index in [-0.39, 0.29) is 29.0 Å². The second-order valence-corrected chi connectivity index (χ2v) is 17.5. The minimum atomic E-state index is -1.14. The Balaban J connectivity index is 0.00000106. The first kappa shape index (κ1) is 35.3. The van der Waals surface area contributed by atoms with Gasteiger partial charge < -0.3 is 19.5 Å². The Morgan fingerprint density at radius 2 is 1.50 bits per heavy atom. The molecule has 13 atom stereocenters. The minimum Gasteiger partial charge on any atom is -0.457 e. The first-order valence-corrected chi connectivity index (χ1v) is 17.3. The second-order valence-electron chi connectivity index (χ2n) is 17.5. The van der Waals surface area contributed by atoms with Crippen molar-refractivity contribution >= 4 is 5.97 Å². The fourth-order valence-electron chi connectivity index (χ4n) is 14.0. The number of carbonyl (C=O) groups excluding carboxylic acids is 1. The normalized spacial score (nSPS) is 48.7. The van der Waals surface area contributed by atoms with E-state index in [1.54, 1.807) is 13.8 Å².